The van der Waals surface area contributed by atoms with E-state index in [4.69, 9.17) is 9.47 Å². The van der Waals surface area contributed by atoms with Gasteiger partial charge in [-0.1, -0.05) is 74.2 Å². The predicted octanol–water partition coefficient (Wildman–Crippen LogP) is 5.62. The van der Waals surface area contributed by atoms with Crippen molar-refractivity contribution in [2.45, 2.75) is 26.7 Å². The number of aliphatic hydroxyl groups is 1. The summed E-state index contributed by atoms with van der Waals surface area (Å²) in [6.45, 7) is 7.74. The number of esters is 1. The topological polar surface area (TPSA) is 55.8 Å². The molecule has 0 spiro atoms. The molecule has 0 heterocycles. The Morgan fingerprint density at radius 2 is 1.66 bits per heavy atom. The number of ether oxygens (including phenoxy) is 2. The SMILES string of the molecule is C=C(C)C(=O)OCCOc1cc(-c2ccc(-c3ccccc3)cc2CC)ccc1CCO. The highest BCUT2D eigenvalue weighted by Crippen LogP contribution is 2.33. The van der Waals surface area contributed by atoms with E-state index < -0.39 is 5.97 Å². The van der Waals surface area contributed by atoms with Gasteiger partial charge in [-0.25, -0.2) is 4.79 Å². The molecule has 0 radical (unpaired) electrons. The summed E-state index contributed by atoms with van der Waals surface area (Å²) in [5.41, 5.74) is 7.13. The number of carbonyl (C=O) groups is 1. The smallest absolute Gasteiger partial charge is 0.333 e. The Balaban J connectivity index is 1.85. The summed E-state index contributed by atoms with van der Waals surface area (Å²) in [6.07, 6.45) is 1.40. The van der Waals surface area contributed by atoms with Crippen LogP contribution in [0.3, 0.4) is 0 Å². The summed E-state index contributed by atoms with van der Waals surface area (Å²) >= 11 is 0. The second-order valence-corrected chi connectivity index (χ2v) is 7.65. The highest BCUT2D eigenvalue weighted by molar-refractivity contribution is 5.86. The summed E-state index contributed by atoms with van der Waals surface area (Å²) in [5, 5.41) is 9.42. The maximum Gasteiger partial charge on any atom is 0.333 e. The average molecular weight is 431 g/mol. The summed E-state index contributed by atoms with van der Waals surface area (Å²) in [6, 6.07) is 22.9. The highest BCUT2D eigenvalue weighted by atomic mass is 16.6. The fourth-order valence-corrected chi connectivity index (χ4v) is 3.57. The van der Waals surface area contributed by atoms with Crippen LogP contribution in [-0.2, 0) is 22.4 Å². The van der Waals surface area contributed by atoms with E-state index in [0.717, 1.165) is 23.1 Å². The largest absolute Gasteiger partial charge is 0.490 e. The van der Waals surface area contributed by atoms with Crippen LogP contribution in [0.2, 0.25) is 0 Å². The minimum Gasteiger partial charge on any atom is -0.490 e. The molecule has 0 aromatic heterocycles. The van der Waals surface area contributed by atoms with Crippen molar-refractivity contribution >= 4 is 5.97 Å². The maximum atomic E-state index is 11.6. The Kier molecular flexibility index (Phi) is 8.23. The molecule has 0 aliphatic carbocycles. The van der Waals surface area contributed by atoms with E-state index in [2.05, 4.69) is 49.9 Å². The zero-order valence-corrected chi connectivity index (χ0v) is 18.8. The molecule has 0 aliphatic heterocycles. The van der Waals surface area contributed by atoms with Crippen LogP contribution in [0, 0.1) is 0 Å². The van der Waals surface area contributed by atoms with Crippen molar-refractivity contribution in [1.29, 1.82) is 0 Å². The van der Waals surface area contributed by atoms with Crippen LogP contribution in [0.25, 0.3) is 22.3 Å². The van der Waals surface area contributed by atoms with Crippen molar-refractivity contribution < 1.29 is 19.4 Å². The van der Waals surface area contributed by atoms with Crippen LogP contribution in [0.15, 0.2) is 78.9 Å². The van der Waals surface area contributed by atoms with E-state index in [1.165, 1.54) is 16.7 Å². The predicted molar refractivity (Wildman–Crippen MR) is 129 cm³/mol. The zero-order valence-electron chi connectivity index (χ0n) is 18.8. The first-order chi connectivity index (χ1) is 15.5. The first-order valence-corrected chi connectivity index (χ1v) is 10.9. The number of aryl methyl sites for hydroxylation is 1. The van der Waals surface area contributed by atoms with Crippen LogP contribution in [0.1, 0.15) is 25.0 Å². The van der Waals surface area contributed by atoms with Crippen molar-refractivity contribution in [2.24, 2.45) is 0 Å². The van der Waals surface area contributed by atoms with Crippen LogP contribution in [0.4, 0.5) is 0 Å². The molecule has 3 aromatic carbocycles. The molecule has 0 saturated heterocycles. The number of hydrogen-bond donors (Lipinski definition) is 1. The molecule has 0 atom stereocenters. The molecule has 0 bridgehead atoms. The lowest BCUT2D eigenvalue weighted by Gasteiger charge is -2.16. The second kappa shape index (κ2) is 11.3. The molecule has 4 heteroatoms. The minimum absolute atomic E-state index is 0.0341. The minimum atomic E-state index is -0.427. The van der Waals surface area contributed by atoms with E-state index in [1.54, 1.807) is 6.92 Å². The van der Waals surface area contributed by atoms with Gasteiger partial charge in [-0.3, -0.25) is 0 Å². The number of hydrogen-bond acceptors (Lipinski definition) is 4. The highest BCUT2D eigenvalue weighted by Gasteiger charge is 2.11. The first-order valence-electron chi connectivity index (χ1n) is 10.9. The van der Waals surface area contributed by atoms with Crippen LogP contribution in [-0.4, -0.2) is 30.9 Å². The Hall–Kier alpha value is -3.37. The van der Waals surface area contributed by atoms with Gasteiger partial charge < -0.3 is 14.6 Å². The van der Waals surface area contributed by atoms with Gasteiger partial charge in [0.25, 0.3) is 0 Å². The van der Waals surface area contributed by atoms with Crippen molar-refractivity contribution in [1.82, 2.24) is 0 Å². The zero-order chi connectivity index (χ0) is 22.9. The van der Waals surface area contributed by atoms with Crippen molar-refractivity contribution in [3.8, 4) is 28.0 Å². The van der Waals surface area contributed by atoms with Gasteiger partial charge in [0.2, 0.25) is 0 Å². The third-order valence-electron chi connectivity index (χ3n) is 5.28. The van der Waals surface area contributed by atoms with Gasteiger partial charge in [0.05, 0.1) is 0 Å². The molecule has 0 amide bonds. The number of rotatable bonds is 10. The van der Waals surface area contributed by atoms with Crippen molar-refractivity contribution in [3.63, 3.8) is 0 Å². The van der Waals surface area contributed by atoms with Crippen LogP contribution < -0.4 is 4.74 Å². The molecule has 3 aromatic rings. The summed E-state index contributed by atoms with van der Waals surface area (Å²) in [5.74, 6) is 0.265. The number of aliphatic hydroxyl groups excluding tert-OH is 1. The van der Waals surface area contributed by atoms with E-state index in [-0.39, 0.29) is 19.8 Å². The summed E-state index contributed by atoms with van der Waals surface area (Å²) in [7, 11) is 0. The third-order valence-corrected chi connectivity index (χ3v) is 5.28. The van der Waals surface area contributed by atoms with E-state index in [0.29, 0.717) is 17.7 Å². The lowest BCUT2D eigenvalue weighted by molar-refractivity contribution is -0.139. The van der Waals surface area contributed by atoms with Gasteiger partial charge in [0.15, 0.2) is 0 Å². The summed E-state index contributed by atoms with van der Waals surface area (Å²) < 4.78 is 11.0. The first kappa shape index (κ1) is 23.3. The lowest BCUT2D eigenvalue weighted by Crippen LogP contribution is -2.13. The average Bonchev–Trinajstić information content (AvgIpc) is 2.82. The standard InChI is InChI=1S/C28H30O4/c1-4-21-18-24(22-8-6-5-7-9-22)12-13-26(21)25-11-10-23(14-15-29)27(19-25)31-16-17-32-28(30)20(2)3/h5-13,18-19,29H,2,4,14-17H2,1,3H3. The normalized spacial score (nSPS) is 10.6. The number of benzene rings is 3. The van der Waals surface area contributed by atoms with Gasteiger partial charge >= 0.3 is 5.97 Å². The Bertz CT molecular complexity index is 1070. The third kappa shape index (κ3) is 5.86. The Labute approximate surface area is 190 Å². The molecule has 0 fully saturated rings. The molecule has 0 saturated carbocycles. The fraction of sp³-hybridized carbons (Fsp3) is 0.250. The molecular formula is C28H30O4. The second-order valence-electron chi connectivity index (χ2n) is 7.65. The van der Waals surface area contributed by atoms with Crippen LogP contribution >= 0.6 is 0 Å². The van der Waals surface area contributed by atoms with Crippen molar-refractivity contribution in [2.75, 3.05) is 19.8 Å². The maximum absolute atomic E-state index is 11.6. The van der Waals surface area contributed by atoms with E-state index in [1.807, 2.05) is 30.3 Å². The molecule has 0 aliphatic rings. The Morgan fingerprint density at radius 3 is 2.34 bits per heavy atom. The fourth-order valence-electron chi connectivity index (χ4n) is 3.57. The van der Waals surface area contributed by atoms with Gasteiger partial charge in [-0.2, -0.15) is 0 Å². The van der Waals surface area contributed by atoms with E-state index >= 15 is 0 Å². The molecule has 4 nitrogen and oxygen atoms in total. The van der Waals surface area contributed by atoms with E-state index in [9.17, 15) is 9.90 Å². The molecule has 1 N–H and O–H groups in total. The molecule has 166 valence electrons. The quantitative estimate of drug-likeness (QED) is 0.258. The summed E-state index contributed by atoms with van der Waals surface area (Å²) in [4.78, 5) is 11.6. The molecule has 32 heavy (non-hydrogen) atoms. The van der Waals surface area contributed by atoms with Gasteiger partial charge in [-0.15, -0.1) is 0 Å². The van der Waals surface area contributed by atoms with Crippen LogP contribution in [0.5, 0.6) is 5.75 Å². The molecular weight excluding hydrogens is 400 g/mol. The number of carbonyl (C=O) groups excluding carboxylic acids is 1. The lowest BCUT2D eigenvalue weighted by atomic mass is 9.93. The van der Waals surface area contributed by atoms with Gasteiger partial charge in [0, 0.05) is 12.2 Å². The monoisotopic (exact) mass is 430 g/mol. The Morgan fingerprint density at radius 1 is 0.906 bits per heavy atom. The van der Waals surface area contributed by atoms with Gasteiger partial charge in [0.1, 0.15) is 19.0 Å². The molecule has 0 unspecified atom stereocenters. The molecule has 3 rings (SSSR count). The van der Waals surface area contributed by atoms with Gasteiger partial charge in [-0.05, 0) is 59.2 Å². The van der Waals surface area contributed by atoms with Crippen molar-refractivity contribution in [3.05, 3.63) is 90.0 Å².